The first kappa shape index (κ1) is 30.1. The van der Waals surface area contributed by atoms with Crippen LogP contribution in [0, 0.1) is 0 Å². The van der Waals surface area contributed by atoms with Crippen LogP contribution in [0.15, 0.2) is 30.3 Å². The summed E-state index contributed by atoms with van der Waals surface area (Å²) in [7, 11) is -4.20. The Balaban J connectivity index is 2.13. The minimum absolute atomic E-state index is 0.0159. The van der Waals surface area contributed by atoms with Crippen LogP contribution in [0.3, 0.4) is 0 Å². The zero-order valence-electron chi connectivity index (χ0n) is 22.1. The minimum Gasteiger partial charge on any atom is -0.459 e. The van der Waals surface area contributed by atoms with Gasteiger partial charge in [-0.25, -0.2) is 18.0 Å². The van der Waals surface area contributed by atoms with E-state index in [2.05, 4.69) is 5.32 Å². The lowest BCUT2D eigenvalue weighted by Gasteiger charge is -2.40. The molecule has 1 saturated heterocycles. The van der Waals surface area contributed by atoms with E-state index in [1.807, 2.05) is 6.07 Å². The van der Waals surface area contributed by atoms with E-state index in [1.54, 1.807) is 65.8 Å². The van der Waals surface area contributed by atoms with Crippen molar-refractivity contribution < 1.29 is 41.8 Å². The van der Waals surface area contributed by atoms with Crippen LogP contribution in [0.1, 0.15) is 53.5 Å². The third-order valence-corrected chi connectivity index (χ3v) is 6.48. The van der Waals surface area contributed by atoms with Crippen molar-refractivity contribution >= 4 is 33.8 Å². The molecule has 0 saturated carbocycles. The molecule has 11 nitrogen and oxygen atoms in total. The largest absolute Gasteiger partial charge is 0.459 e. The average molecular weight is 541 g/mol. The maximum absolute atomic E-state index is 13.3. The van der Waals surface area contributed by atoms with Crippen LogP contribution in [0.2, 0.25) is 0 Å². The van der Waals surface area contributed by atoms with Gasteiger partial charge in [-0.05, 0) is 53.5 Å². The summed E-state index contributed by atoms with van der Waals surface area (Å²) < 4.78 is 41.1. The number of nitrogens with zero attached hydrogens (tertiary/aromatic N) is 1. The fourth-order valence-electron chi connectivity index (χ4n) is 3.41. The minimum atomic E-state index is -4.20. The topological polar surface area (TPSA) is 145 Å². The number of ether oxygens (including phenoxy) is 3. The lowest BCUT2D eigenvalue weighted by Crippen LogP contribution is -2.62. The maximum Gasteiger partial charge on any atom is 0.408 e. The van der Waals surface area contributed by atoms with Crippen molar-refractivity contribution in [3.8, 4) is 0 Å². The molecule has 0 aliphatic carbocycles. The van der Waals surface area contributed by atoms with E-state index in [9.17, 15) is 27.6 Å². The van der Waals surface area contributed by atoms with Crippen LogP contribution >= 0.6 is 0 Å². The predicted octanol–water partition coefficient (Wildman–Crippen LogP) is 1.98. The Kier molecular flexibility index (Phi) is 9.70. The molecule has 0 spiro atoms. The van der Waals surface area contributed by atoms with Crippen molar-refractivity contribution in [1.82, 2.24) is 10.2 Å². The first-order valence-corrected chi connectivity index (χ1v) is 13.7. The predicted molar refractivity (Wildman–Crippen MR) is 134 cm³/mol. The van der Waals surface area contributed by atoms with Crippen molar-refractivity contribution in [3.05, 3.63) is 35.9 Å². The Morgan fingerprint density at radius 3 is 2.11 bits per heavy atom. The van der Waals surface area contributed by atoms with E-state index in [4.69, 9.17) is 14.2 Å². The summed E-state index contributed by atoms with van der Waals surface area (Å²) in [6.45, 7) is 9.79. The van der Waals surface area contributed by atoms with Gasteiger partial charge in [0.2, 0.25) is 5.91 Å². The summed E-state index contributed by atoms with van der Waals surface area (Å²) >= 11 is 0. The van der Waals surface area contributed by atoms with Gasteiger partial charge in [0, 0.05) is 6.54 Å². The number of esters is 2. The summed E-state index contributed by atoms with van der Waals surface area (Å²) in [6.07, 6.45) is -0.689. The number of benzene rings is 1. The van der Waals surface area contributed by atoms with E-state index >= 15 is 0 Å². The van der Waals surface area contributed by atoms with Gasteiger partial charge >= 0.3 is 18.0 Å². The maximum atomic E-state index is 13.3. The molecule has 2 amide bonds. The molecule has 206 valence electrons. The highest BCUT2D eigenvalue weighted by atomic mass is 32.2. The molecular formula is C25H36N2O9S. The number of amides is 2. The number of hydrogen-bond donors (Lipinski definition) is 1. The Morgan fingerprint density at radius 2 is 1.59 bits per heavy atom. The first-order valence-electron chi connectivity index (χ1n) is 11.9. The SMILES string of the molecule is CC(C)(C)OC(=O)CS(=O)(=O)CC(NC(=O)OC(C)(C)C)C(=O)N1CCC1C(=O)OCc1ccccc1. The summed E-state index contributed by atoms with van der Waals surface area (Å²) in [5, 5.41) is 2.28. The summed E-state index contributed by atoms with van der Waals surface area (Å²) in [5.41, 5.74) is -1.04. The summed E-state index contributed by atoms with van der Waals surface area (Å²) in [4.78, 5) is 51.5. The zero-order chi connectivity index (χ0) is 28.0. The third-order valence-electron chi connectivity index (χ3n) is 4.97. The summed E-state index contributed by atoms with van der Waals surface area (Å²) in [5.74, 6) is -4.29. The Bertz CT molecular complexity index is 1090. The van der Waals surface area contributed by atoms with Crippen molar-refractivity contribution in [3.63, 3.8) is 0 Å². The van der Waals surface area contributed by atoms with Gasteiger partial charge in [-0.15, -0.1) is 0 Å². The van der Waals surface area contributed by atoms with Crippen LogP contribution in [-0.4, -0.2) is 78.6 Å². The molecule has 1 N–H and O–H groups in total. The number of alkyl carbamates (subject to hydrolysis) is 1. The number of likely N-dealkylation sites (tertiary alicyclic amines) is 1. The van der Waals surface area contributed by atoms with Crippen LogP contribution in [0.4, 0.5) is 4.79 Å². The van der Waals surface area contributed by atoms with Gasteiger partial charge in [-0.2, -0.15) is 0 Å². The van der Waals surface area contributed by atoms with E-state index in [1.165, 1.54) is 0 Å². The van der Waals surface area contributed by atoms with Crippen molar-refractivity contribution in [2.75, 3.05) is 18.1 Å². The number of hydrogen-bond acceptors (Lipinski definition) is 9. The normalized spacial score (nSPS) is 16.7. The van der Waals surface area contributed by atoms with Crippen molar-refractivity contribution in [2.45, 2.75) is 77.9 Å². The Morgan fingerprint density at radius 1 is 1.00 bits per heavy atom. The molecule has 2 atom stereocenters. The van der Waals surface area contributed by atoms with Gasteiger partial charge in [-0.1, -0.05) is 30.3 Å². The van der Waals surface area contributed by atoms with Gasteiger partial charge in [0.1, 0.15) is 35.6 Å². The molecule has 0 radical (unpaired) electrons. The molecule has 1 aliphatic rings. The highest BCUT2D eigenvalue weighted by Gasteiger charge is 2.43. The average Bonchev–Trinajstić information content (AvgIpc) is 2.68. The highest BCUT2D eigenvalue weighted by molar-refractivity contribution is 7.92. The molecule has 2 rings (SSSR count). The van der Waals surface area contributed by atoms with Gasteiger partial charge in [-0.3, -0.25) is 9.59 Å². The standard InChI is InChI=1S/C25H36N2O9S/c1-24(2,3)35-20(28)16-37(32,33)15-18(26-23(31)36-25(4,5)6)21(29)27-13-12-19(27)22(30)34-14-17-10-8-7-9-11-17/h7-11,18-19H,12-16H2,1-6H3,(H,26,31). The zero-order valence-corrected chi connectivity index (χ0v) is 22.9. The lowest BCUT2D eigenvalue weighted by molar-refractivity contribution is -0.163. The molecule has 2 unspecified atom stereocenters. The lowest BCUT2D eigenvalue weighted by atomic mass is 10.0. The second-order valence-electron chi connectivity index (χ2n) is 10.8. The fraction of sp³-hybridized carbons (Fsp3) is 0.600. The van der Waals surface area contributed by atoms with E-state index in [-0.39, 0.29) is 13.2 Å². The van der Waals surface area contributed by atoms with E-state index in [0.29, 0.717) is 6.42 Å². The molecule has 1 aromatic rings. The number of rotatable bonds is 9. The molecule has 1 aliphatic heterocycles. The quantitative estimate of drug-likeness (QED) is 0.367. The molecule has 1 fully saturated rings. The molecule has 1 heterocycles. The third kappa shape index (κ3) is 10.4. The molecule has 37 heavy (non-hydrogen) atoms. The number of sulfone groups is 1. The van der Waals surface area contributed by atoms with Gasteiger partial charge in [0.05, 0.1) is 5.75 Å². The second kappa shape index (κ2) is 11.9. The molecule has 12 heteroatoms. The molecule has 1 aromatic carbocycles. The van der Waals surface area contributed by atoms with Crippen LogP contribution in [0.25, 0.3) is 0 Å². The van der Waals surface area contributed by atoms with Crippen molar-refractivity contribution in [1.29, 1.82) is 0 Å². The fourth-order valence-corrected chi connectivity index (χ4v) is 4.68. The molecular weight excluding hydrogens is 504 g/mol. The number of nitrogens with one attached hydrogen (secondary N) is 1. The van der Waals surface area contributed by atoms with Crippen LogP contribution < -0.4 is 5.32 Å². The number of carbonyl (C=O) groups is 4. The van der Waals surface area contributed by atoms with Crippen LogP contribution in [0.5, 0.6) is 0 Å². The monoisotopic (exact) mass is 540 g/mol. The Hall–Kier alpha value is -3.15. The van der Waals surface area contributed by atoms with Gasteiger partial charge < -0.3 is 24.4 Å². The highest BCUT2D eigenvalue weighted by Crippen LogP contribution is 2.22. The van der Waals surface area contributed by atoms with Gasteiger partial charge in [0.25, 0.3) is 0 Å². The first-order chi connectivity index (χ1) is 17.0. The van der Waals surface area contributed by atoms with Gasteiger partial charge in [0.15, 0.2) is 9.84 Å². The van der Waals surface area contributed by atoms with E-state index in [0.717, 1.165) is 10.5 Å². The Labute approximate surface area is 217 Å². The molecule has 0 bridgehead atoms. The van der Waals surface area contributed by atoms with Crippen molar-refractivity contribution in [2.24, 2.45) is 0 Å². The van der Waals surface area contributed by atoms with E-state index < -0.39 is 68.6 Å². The second-order valence-corrected chi connectivity index (χ2v) is 12.9. The molecule has 0 aromatic heterocycles. The number of carbonyl (C=O) groups excluding carboxylic acids is 4. The summed E-state index contributed by atoms with van der Waals surface area (Å²) in [6, 6.07) is 6.48. The smallest absolute Gasteiger partial charge is 0.408 e. The van der Waals surface area contributed by atoms with Crippen LogP contribution in [-0.2, 0) is 45.0 Å².